The van der Waals surface area contributed by atoms with E-state index in [1.165, 1.54) is 6.07 Å². The maximum Gasteiger partial charge on any atom is 0.129 e. The lowest BCUT2D eigenvalue weighted by atomic mass is 9.77. The van der Waals surface area contributed by atoms with Crippen molar-refractivity contribution in [2.45, 2.75) is 27.2 Å². The highest BCUT2D eigenvalue weighted by atomic mass is 19.1. The highest BCUT2D eigenvalue weighted by Crippen LogP contribution is 2.29. The van der Waals surface area contributed by atoms with Crippen LogP contribution in [0, 0.1) is 23.0 Å². The summed E-state index contributed by atoms with van der Waals surface area (Å²) in [5, 5.41) is 3.32. The monoisotopic (exact) mass is 285 g/mol. The van der Waals surface area contributed by atoms with Crippen LogP contribution in [0.3, 0.4) is 0 Å². The summed E-state index contributed by atoms with van der Waals surface area (Å²) in [6.45, 7) is 8.62. The first-order valence-corrected chi connectivity index (χ1v) is 6.98. The molecule has 0 aromatic heterocycles. The Bertz CT molecular complexity index is 415. The van der Waals surface area contributed by atoms with Crippen LogP contribution in [0.1, 0.15) is 26.3 Å². The molecule has 0 saturated heterocycles. The second-order valence-electron chi connectivity index (χ2n) is 6.20. The standard InChI is InChI=1S/C16H25F2NO/c1-16(2,3)13(11-19-7-8-20-4)9-12-5-6-14(17)10-15(12)18/h5-6,10,13,19H,7-9,11H2,1-4H3. The van der Waals surface area contributed by atoms with E-state index in [4.69, 9.17) is 4.74 Å². The molecule has 0 radical (unpaired) electrons. The zero-order valence-electron chi connectivity index (χ0n) is 12.8. The van der Waals surface area contributed by atoms with Crippen LogP contribution < -0.4 is 5.32 Å². The van der Waals surface area contributed by atoms with E-state index in [0.29, 0.717) is 18.6 Å². The summed E-state index contributed by atoms with van der Waals surface area (Å²) in [5.41, 5.74) is 0.612. The molecule has 0 bridgehead atoms. The lowest BCUT2D eigenvalue weighted by Gasteiger charge is -2.31. The summed E-state index contributed by atoms with van der Waals surface area (Å²) in [7, 11) is 1.66. The second-order valence-corrected chi connectivity index (χ2v) is 6.20. The van der Waals surface area contributed by atoms with Crippen LogP contribution in [0.4, 0.5) is 8.78 Å². The van der Waals surface area contributed by atoms with E-state index >= 15 is 0 Å². The molecule has 2 nitrogen and oxygen atoms in total. The van der Waals surface area contributed by atoms with Gasteiger partial charge in [0.25, 0.3) is 0 Å². The SMILES string of the molecule is COCCNCC(Cc1ccc(F)cc1F)C(C)(C)C. The van der Waals surface area contributed by atoms with E-state index in [-0.39, 0.29) is 11.3 Å². The molecule has 20 heavy (non-hydrogen) atoms. The lowest BCUT2D eigenvalue weighted by Crippen LogP contribution is -2.35. The Morgan fingerprint density at radius 1 is 1.25 bits per heavy atom. The highest BCUT2D eigenvalue weighted by Gasteiger charge is 2.25. The van der Waals surface area contributed by atoms with Crippen molar-refractivity contribution in [3.63, 3.8) is 0 Å². The molecule has 0 aliphatic heterocycles. The number of methoxy groups -OCH3 is 1. The summed E-state index contributed by atoms with van der Waals surface area (Å²) in [5.74, 6) is -0.729. The van der Waals surface area contributed by atoms with Crippen LogP contribution in [-0.4, -0.2) is 26.8 Å². The molecule has 0 heterocycles. The zero-order valence-corrected chi connectivity index (χ0v) is 12.8. The minimum atomic E-state index is -0.531. The van der Waals surface area contributed by atoms with Crippen LogP contribution >= 0.6 is 0 Å². The van der Waals surface area contributed by atoms with Gasteiger partial charge < -0.3 is 10.1 Å². The molecular weight excluding hydrogens is 260 g/mol. The molecule has 0 amide bonds. The fourth-order valence-electron chi connectivity index (χ4n) is 2.09. The molecule has 1 unspecified atom stereocenters. The van der Waals surface area contributed by atoms with Gasteiger partial charge in [0, 0.05) is 19.7 Å². The Kier molecular flexibility index (Phi) is 6.56. The molecule has 1 atom stereocenters. The van der Waals surface area contributed by atoms with Gasteiger partial charge in [-0.15, -0.1) is 0 Å². The first kappa shape index (κ1) is 17.1. The molecule has 1 rings (SSSR count). The molecule has 1 N–H and O–H groups in total. The van der Waals surface area contributed by atoms with Gasteiger partial charge in [-0.2, -0.15) is 0 Å². The molecule has 0 aliphatic rings. The quantitative estimate of drug-likeness (QED) is 0.775. The highest BCUT2D eigenvalue weighted by molar-refractivity contribution is 5.19. The molecule has 0 spiro atoms. The molecule has 1 aromatic rings. The van der Waals surface area contributed by atoms with E-state index in [0.717, 1.165) is 19.2 Å². The van der Waals surface area contributed by atoms with Gasteiger partial charge in [-0.05, 0) is 35.9 Å². The van der Waals surface area contributed by atoms with E-state index in [1.54, 1.807) is 13.2 Å². The minimum absolute atomic E-state index is 0.0426. The minimum Gasteiger partial charge on any atom is -0.383 e. The van der Waals surface area contributed by atoms with Crippen molar-refractivity contribution in [3.8, 4) is 0 Å². The molecule has 114 valence electrons. The molecule has 0 saturated carbocycles. The van der Waals surface area contributed by atoms with Gasteiger partial charge in [0.15, 0.2) is 0 Å². The van der Waals surface area contributed by atoms with Gasteiger partial charge in [0.1, 0.15) is 11.6 Å². The Balaban J connectivity index is 2.69. The lowest BCUT2D eigenvalue weighted by molar-refractivity contribution is 0.186. The van der Waals surface area contributed by atoms with Gasteiger partial charge in [0.05, 0.1) is 6.61 Å². The van der Waals surface area contributed by atoms with Crippen molar-refractivity contribution >= 4 is 0 Å². The van der Waals surface area contributed by atoms with E-state index in [1.807, 2.05) is 0 Å². The van der Waals surface area contributed by atoms with Gasteiger partial charge in [-0.25, -0.2) is 8.78 Å². The van der Waals surface area contributed by atoms with Gasteiger partial charge in [-0.1, -0.05) is 26.8 Å². The van der Waals surface area contributed by atoms with Crippen molar-refractivity contribution < 1.29 is 13.5 Å². The largest absolute Gasteiger partial charge is 0.383 e. The van der Waals surface area contributed by atoms with Crippen molar-refractivity contribution in [2.75, 3.05) is 26.8 Å². The topological polar surface area (TPSA) is 21.3 Å². The van der Waals surface area contributed by atoms with Crippen LogP contribution in [0.25, 0.3) is 0 Å². The van der Waals surface area contributed by atoms with Crippen molar-refractivity contribution in [1.82, 2.24) is 5.32 Å². The zero-order chi connectivity index (χ0) is 15.2. The first-order chi connectivity index (χ1) is 9.34. The normalized spacial score (nSPS) is 13.5. The Hall–Kier alpha value is -1.00. The molecule has 0 fully saturated rings. The average molecular weight is 285 g/mol. The van der Waals surface area contributed by atoms with Crippen molar-refractivity contribution in [3.05, 3.63) is 35.4 Å². The van der Waals surface area contributed by atoms with E-state index < -0.39 is 11.6 Å². The molecule has 4 heteroatoms. The van der Waals surface area contributed by atoms with Crippen molar-refractivity contribution in [1.29, 1.82) is 0 Å². The van der Waals surface area contributed by atoms with Gasteiger partial charge in [-0.3, -0.25) is 0 Å². The maximum atomic E-state index is 13.8. The van der Waals surface area contributed by atoms with Gasteiger partial charge in [0.2, 0.25) is 0 Å². The second kappa shape index (κ2) is 7.70. The number of hydrogen-bond donors (Lipinski definition) is 1. The maximum absolute atomic E-state index is 13.8. The number of benzene rings is 1. The number of hydrogen-bond acceptors (Lipinski definition) is 2. The number of ether oxygens (including phenoxy) is 1. The fourth-order valence-corrected chi connectivity index (χ4v) is 2.09. The third-order valence-electron chi connectivity index (χ3n) is 3.58. The summed E-state index contributed by atoms with van der Waals surface area (Å²) in [6, 6.07) is 3.81. The van der Waals surface area contributed by atoms with E-state index in [2.05, 4.69) is 26.1 Å². The molecular formula is C16H25F2NO. The summed E-state index contributed by atoms with van der Waals surface area (Å²) in [6.07, 6.45) is 0.593. The predicted octanol–water partition coefficient (Wildman–Crippen LogP) is 3.41. The molecule has 0 aliphatic carbocycles. The Labute approximate surface area is 120 Å². The van der Waals surface area contributed by atoms with Crippen LogP contribution in [0.15, 0.2) is 18.2 Å². The van der Waals surface area contributed by atoms with E-state index in [9.17, 15) is 8.78 Å². The number of rotatable bonds is 7. The van der Waals surface area contributed by atoms with Crippen LogP contribution in [-0.2, 0) is 11.2 Å². The van der Waals surface area contributed by atoms with Gasteiger partial charge >= 0.3 is 0 Å². The number of nitrogens with one attached hydrogen (secondary N) is 1. The van der Waals surface area contributed by atoms with Crippen LogP contribution in [0.2, 0.25) is 0 Å². The summed E-state index contributed by atoms with van der Waals surface area (Å²) in [4.78, 5) is 0. The summed E-state index contributed by atoms with van der Waals surface area (Å²) < 4.78 is 31.7. The smallest absolute Gasteiger partial charge is 0.129 e. The Morgan fingerprint density at radius 3 is 2.50 bits per heavy atom. The number of halogens is 2. The predicted molar refractivity (Wildman–Crippen MR) is 77.8 cm³/mol. The molecule has 1 aromatic carbocycles. The summed E-state index contributed by atoms with van der Waals surface area (Å²) >= 11 is 0. The van der Waals surface area contributed by atoms with Crippen LogP contribution in [0.5, 0.6) is 0 Å². The average Bonchev–Trinajstić information content (AvgIpc) is 2.34. The third-order valence-corrected chi connectivity index (χ3v) is 3.58. The fraction of sp³-hybridized carbons (Fsp3) is 0.625. The third kappa shape index (κ3) is 5.55. The first-order valence-electron chi connectivity index (χ1n) is 6.98. The Morgan fingerprint density at radius 2 is 1.95 bits per heavy atom. The van der Waals surface area contributed by atoms with Crippen molar-refractivity contribution in [2.24, 2.45) is 11.3 Å².